The molecule has 42 heavy (non-hydrogen) atoms. The molecule has 0 bridgehead atoms. The molecule has 0 amide bonds. The van der Waals surface area contributed by atoms with Gasteiger partial charge in [-0.1, -0.05) is 155 Å². The summed E-state index contributed by atoms with van der Waals surface area (Å²) in [5, 5.41) is 0. The largest absolute Gasteiger partial charge is 0.344 e. The van der Waals surface area contributed by atoms with E-state index < -0.39 is 17.1 Å². The fourth-order valence-corrected chi connectivity index (χ4v) is 5.17. The predicted molar refractivity (Wildman–Crippen MR) is 183 cm³/mol. The first-order chi connectivity index (χ1) is 20.6. The van der Waals surface area contributed by atoms with E-state index in [0.717, 1.165) is 71.5 Å². The average molecular weight is 586 g/mol. The Bertz CT molecular complexity index is 895. The monoisotopic (exact) mass is 585 g/mol. The van der Waals surface area contributed by atoms with Gasteiger partial charge in [-0.25, -0.2) is 28.1 Å². The van der Waals surface area contributed by atoms with Crippen molar-refractivity contribution in [2.24, 2.45) is 0 Å². The fourth-order valence-electron chi connectivity index (χ4n) is 5.17. The van der Waals surface area contributed by atoms with Crippen molar-refractivity contribution in [1.29, 1.82) is 0 Å². The Hall–Kier alpha value is -2.37. The van der Waals surface area contributed by atoms with Gasteiger partial charge in [-0.3, -0.25) is 0 Å². The summed E-state index contributed by atoms with van der Waals surface area (Å²) in [6.45, 7) is 6.67. The second kappa shape index (κ2) is 26.3. The molecule has 1 aromatic rings. The van der Waals surface area contributed by atoms with Crippen LogP contribution in [0.15, 0.2) is 32.6 Å². The minimum absolute atomic E-state index is 0.603. The number of hydrogen-bond donors (Lipinski definition) is 0. The van der Waals surface area contributed by atoms with Crippen molar-refractivity contribution in [3.8, 4) is 0 Å². The Morgan fingerprint density at radius 3 is 0.810 bits per heavy atom. The molecule has 0 aliphatic carbocycles. The molecule has 0 radical (unpaired) electrons. The molecule has 0 aliphatic rings. The van der Waals surface area contributed by atoms with E-state index in [1.165, 1.54) is 96.3 Å². The number of allylic oxidation sites excluding steroid dienone is 3. The van der Waals surface area contributed by atoms with Gasteiger partial charge in [-0.05, 0) is 38.5 Å². The third kappa shape index (κ3) is 16.9. The molecule has 6 nitrogen and oxygen atoms in total. The third-order valence-electron chi connectivity index (χ3n) is 7.92. The summed E-state index contributed by atoms with van der Waals surface area (Å²) in [7, 11) is 0. The molecule has 1 rings (SSSR count). The van der Waals surface area contributed by atoms with Crippen molar-refractivity contribution in [3.63, 3.8) is 0 Å². The Labute approximate surface area is 256 Å². The van der Waals surface area contributed by atoms with Gasteiger partial charge in [0.05, 0.1) is 0 Å². The first-order valence-electron chi connectivity index (χ1n) is 17.6. The Morgan fingerprint density at radius 1 is 0.357 bits per heavy atom. The molecular weight excluding hydrogens is 522 g/mol. The zero-order chi connectivity index (χ0) is 30.7. The highest BCUT2D eigenvalue weighted by Gasteiger charge is 2.11. The molecule has 1 heterocycles. The van der Waals surface area contributed by atoms with Gasteiger partial charge in [0, 0.05) is 18.6 Å². The summed E-state index contributed by atoms with van der Waals surface area (Å²) in [5.41, 5.74) is -1.81. The van der Waals surface area contributed by atoms with Crippen LogP contribution in [-0.4, -0.2) is 13.7 Å². The molecule has 0 fully saturated rings. The molecule has 0 atom stereocenters. The summed E-state index contributed by atoms with van der Waals surface area (Å²) in [4.78, 5) is 39.6. The van der Waals surface area contributed by atoms with Crippen molar-refractivity contribution in [2.75, 3.05) is 0 Å². The van der Waals surface area contributed by atoms with Crippen LogP contribution in [0.2, 0.25) is 0 Å². The topological polar surface area (TPSA) is 66.0 Å². The van der Waals surface area contributed by atoms with Crippen LogP contribution >= 0.6 is 0 Å². The van der Waals surface area contributed by atoms with Gasteiger partial charge in [0.25, 0.3) is 0 Å². The van der Waals surface area contributed by atoms with E-state index in [9.17, 15) is 14.4 Å². The number of unbranched alkanes of at least 4 members (excludes halogenated alkanes) is 21. The maximum absolute atomic E-state index is 13.2. The van der Waals surface area contributed by atoms with Gasteiger partial charge in [0.1, 0.15) is 0 Å². The molecule has 0 unspecified atom stereocenters. The molecule has 6 heteroatoms. The van der Waals surface area contributed by atoms with Gasteiger partial charge in [0.2, 0.25) is 0 Å². The van der Waals surface area contributed by atoms with E-state index in [4.69, 9.17) is 0 Å². The molecular formula is C36H63N3O3. The molecule has 0 aliphatic heterocycles. The number of aromatic nitrogens is 3. The van der Waals surface area contributed by atoms with Crippen LogP contribution in [0.4, 0.5) is 0 Å². The zero-order valence-electron chi connectivity index (χ0n) is 27.5. The van der Waals surface area contributed by atoms with Crippen molar-refractivity contribution in [2.45, 2.75) is 175 Å². The first kappa shape index (κ1) is 37.7. The molecule has 0 aromatic carbocycles. The zero-order valence-corrected chi connectivity index (χ0v) is 27.5. The lowest BCUT2D eigenvalue weighted by Crippen LogP contribution is -2.50. The molecule has 0 N–H and O–H groups in total. The van der Waals surface area contributed by atoms with Gasteiger partial charge >= 0.3 is 17.1 Å². The Kier molecular flexibility index (Phi) is 23.6. The van der Waals surface area contributed by atoms with Crippen LogP contribution < -0.4 is 17.1 Å². The molecule has 240 valence electrons. The maximum Gasteiger partial charge on any atom is 0.344 e. The van der Waals surface area contributed by atoms with E-state index in [0.29, 0.717) is 0 Å². The summed E-state index contributed by atoms with van der Waals surface area (Å²) < 4.78 is 3.25. The van der Waals surface area contributed by atoms with E-state index in [1.54, 1.807) is 18.6 Å². The smallest absolute Gasteiger partial charge is 0.247 e. The van der Waals surface area contributed by atoms with Crippen LogP contribution in [0.25, 0.3) is 18.6 Å². The van der Waals surface area contributed by atoms with Crippen LogP contribution in [-0.2, 0) is 0 Å². The van der Waals surface area contributed by atoms with Crippen molar-refractivity contribution in [3.05, 3.63) is 49.7 Å². The summed E-state index contributed by atoms with van der Waals surface area (Å²) in [6, 6.07) is 0. The van der Waals surface area contributed by atoms with Crippen LogP contribution in [0.3, 0.4) is 0 Å². The van der Waals surface area contributed by atoms with E-state index >= 15 is 0 Å². The quantitative estimate of drug-likeness (QED) is 0.0965. The summed E-state index contributed by atoms with van der Waals surface area (Å²) in [6.07, 6.45) is 38.3. The molecule has 0 spiro atoms. The number of nitrogens with zero attached hydrogens (tertiary/aromatic N) is 3. The third-order valence-corrected chi connectivity index (χ3v) is 7.92. The molecule has 0 saturated heterocycles. The van der Waals surface area contributed by atoms with E-state index in [-0.39, 0.29) is 0 Å². The molecule has 0 saturated carbocycles. The van der Waals surface area contributed by atoms with E-state index in [1.807, 2.05) is 18.2 Å². The van der Waals surface area contributed by atoms with Crippen molar-refractivity contribution in [1.82, 2.24) is 13.7 Å². The second-order valence-corrected chi connectivity index (χ2v) is 11.8. The summed E-state index contributed by atoms with van der Waals surface area (Å²) >= 11 is 0. The van der Waals surface area contributed by atoms with E-state index in [2.05, 4.69) is 20.8 Å². The second-order valence-electron chi connectivity index (χ2n) is 11.8. The Morgan fingerprint density at radius 2 is 0.571 bits per heavy atom. The summed E-state index contributed by atoms with van der Waals surface area (Å²) in [5.74, 6) is 0. The van der Waals surface area contributed by atoms with Gasteiger partial charge < -0.3 is 0 Å². The highest BCUT2D eigenvalue weighted by atomic mass is 16.2. The first-order valence-corrected chi connectivity index (χ1v) is 17.6. The number of rotatable bonds is 27. The standard InChI is InChI=1S/C36H63N3O3/c1-4-7-10-13-16-19-22-25-28-31-37-34(40)38(32-29-26-23-20-17-14-11-8-5-2)36(42)39(35(37)41)33-30-27-24-21-18-15-12-9-6-3/h28-33H,4-27H2,1-3H3/b31-28+,32-29+,33-30+. The van der Waals surface area contributed by atoms with Gasteiger partial charge in [-0.2, -0.15) is 0 Å². The highest BCUT2D eigenvalue weighted by molar-refractivity contribution is 5.29. The lowest BCUT2D eigenvalue weighted by atomic mass is 10.1. The molecule has 1 aromatic heterocycles. The lowest BCUT2D eigenvalue weighted by molar-refractivity contribution is 0.591. The Balaban J connectivity index is 2.89. The lowest BCUT2D eigenvalue weighted by Gasteiger charge is -2.07. The predicted octanol–water partition coefficient (Wildman–Crippen LogP) is 10.0. The van der Waals surface area contributed by atoms with Crippen molar-refractivity contribution < 1.29 is 0 Å². The van der Waals surface area contributed by atoms with Crippen LogP contribution in [0.1, 0.15) is 175 Å². The number of hydrogen-bond acceptors (Lipinski definition) is 3. The van der Waals surface area contributed by atoms with Crippen molar-refractivity contribution >= 4 is 18.6 Å². The average Bonchev–Trinajstić information content (AvgIpc) is 2.99. The maximum atomic E-state index is 13.2. The van der Waals surface area contributed by atoms with Gasteiger partial charge in [-0.15, -0.1) is 0 Å². The normalized spacial score (nSPS) is 12.1. The SMILES string of the molecule is CCCCCCCCC/C=C/n1c(=O)n(/C=C/CCCCCCCCC)c(=O)n(/C=C/CCCCCCCCC)c1=O. The highest BCUT2D eigenvalue weighted by Crippen LogP contribution is 2.10. The fraction of sp³-hybridized carbons (Fsp3) is 0.750. The van der Waals surface area contributed by atoms with Crippen LogP contribution in [0.5, 0.6) is 0 Å². The van der Waals surface area contributed by atoms with Crippen LogP contribution in [0, 0.1) is 0 Å². The van der Waals surface area contributed by atoms with Gasteiger partial charge in [0.15, 0.2) is 0 Å². The minimum atomic E-state index is -0.603. The minimum Gasteiger partial charge on any atom is -0.247 e.